The lowest BCUT2D eigenvalue weighted by Gasteiger charge is -2.36. The van der Waals surface area contributed by atoms with Gasteiger partial charge < -0.3 is 10.1 Å². The Labute approximate surface area is 93.1 Å². The van der Waals surface area contributed by atoms with Crippen molar-refractivity contribution >= 4 is 5.97 Å². The van der Waals surface area contributed by atoms with Crippen molar-refractivity contribution in [1.29, 1.82) is 0 Å². The van der Waals surface area contributed by atoms with Crippen LogP contribution in [-0.4, -0.2) is 20.6 Å². The highest BCUT2D eigenvalue weighted by Gasteiger charge is 2.44. The maximum absolute atomic E-state index is 11.6. The molecule has 0 radical (unpaired) electrons. The highest BCUT2D eigenvalue weighted by atomic mass is 16.4. The van der Waals surface area contributed by atoms with Crippen LogP contribution in [0.2, 0.25) is 0 Å². The van der Waals surface area contributed by atoms with Crippen molar-refractivity contribution in [3.8, 4) is 0 Å². The summed E-state index contributed by atoms with van der Waals surface area (Å²) in [7, 11) is 0. The van der Waals surface area contributed by atoms with E-state index in [1.807, 2.05) is 6.92 Å². The Balaban J connectivity index is 2.47. The van der Waals surface area contributed by atoms with Crippen LogP contribution in [0.4, 0.5) is 0 Å². The number of carboxylic acid groups (broad SMARTS) is 1. The summed E-state index contributed by atoms with van der Waals surface area (Å²) in [5.41, 5.74) is -1.38. The second kappa shape index (κ2) is 3.81. The number of aromatic amines is 1. The number of rotatable bonds is 2. The van der Waals surface area contributed by atoms with E-state index in [2.05, 4.69) is 4.98 Å². The molecule has 2 rings (SSSR count). The molecule has 1 saturated carbocycles. The Hall–Kier alpha value is -1.52. The van der Waals surface area contributed by atoms with Gasteiger partial charge in [-0.1, -0.05) is 19.8 Å². The first-order valence-electron chi connectivity index (χ1n) is 5.56. The molecule has 5 nitrogen and oxygen atoms in total. The first kappa shape index (κ1) is 11.0. The maximum atomic E-state index is 11.6. The lowest BCUT2D eigenvalue weighted by molar-refractivity contribution is -0.150. The van der Waals surface area contributed by atoms with E-state index in [9.17, 15) is 14.7 Å². The standard InChI is InChI=1S/C11H16N2O3/c1-8-3-2-4-11(7-8,9(14)15)13-6-5-12-10(13)16/h5-6,8H,2-4,7H2,1H3,(H,12,16)(H,14,15). The average Bonchev–Trinajstić information content (AvgIpc) is 2.64. The van der Waals surface area contributed by atoms with E-state index < -0.39 is 11.5 Å². The number of aromatic nitrogens is 2. The molecular formula is C11H16N2O3. The van der Waals surface area contributed by atoms with Crippen LogP contribution in [-0.2, 0) is 10.3 Å². The molecule has 0 amide bonds. The van der Waals surface area contributed by atoms with E-state index in [1.165, 1.54) is 17.0 Å². The van der Waals surface area contributed by atoms with E-state index in [0.717, 1.165) is 12.8 Å². The van der Waals surface area contributed by atoms with Gasteiger partial charge in [-0.25, -0.2) is 9.59 Å². The van der Waals surface area contributed by atoms with Crippen LogP contribution in [0, 0.1) is 5.92 Å². The van der Waals surface area contributed by atoms with Gasteiger partial charge in [-0.15, -0.1) is 0 Å². The average molecular weight is 224 g/mol. The third-order valence-electron chi connectivity index (χ3n) is 3.48. The van der Waals surface area contributed by atoms with Crippen LogP contribution in [0.3, 0.4) is 0 Å². The van der Waals surface area contributed by atoms with Gasteiger partial charge in [0.25, 0.3) is 0 Å². The minimum atomic E-state index is -1.05. The van der Waals surface area contributed by atoms with Crippen molar-refractivity contribution < 1.29 is 9.90 Å². The number of imidazole rings is 1. The van der Waals surface area contributed by atoms with E-state index in [-0.39, 0.29) is 5.69 Å². The third kappa shape index (κ3) is 1.56. The SMILES string of the molecule is CC1CCCC(C(=O)O)(n2cc[nH]c2=O)C1. The van der Waals surface area contributed by atoms with Gasteiger partial charge in [0.15, 0.2) is 0 Å². The quantitative estimate of drug-likeness (QED) is 0.791. The van der Waals surface area contributed by atoms with Gasteiger partial charge in [0.2, 0.25) is 0 Å². The molecule has 1 aromatic rings. The molecule has 1 heterocycles. The maximum Gasteiger partial charge on any atom is 0.330 e. The Morgan fingerprint density at radius 2 is 2.44 bits per heavy atom. The molecule has 0 spiro atoms. The summed E-state index contributed by atoms with van der Waals surface area (Å²) in [6.45, 7) is 2.04. The summed E-state index contributed by atoms with van der Waals surface area (Å²) >= 11 is 0. The Morgan fingerprint density at radius 3 is 2.94 bits per heavy atom. The van der Waals surface area contributed by atoms with E-state index in [0.29, 0.717) is 18.8 Å². The largest absolute Gasteiger partial charge is 0.479 e. The van der Waals surface area contributed by atoms with E-state index in [1.54, 1.807) is 0 Å². The minimum Gasteiger partial charge on any atom is -0.479 e. The predicted molar refractivity (Wildman–Crippen MR) is 58.3 cm³/mol. The molecule has 0 aliphatic heterocycles. The van der Waals surface area contributed by atoms with Gasteiger partial charge in [0, 0.05) is 12.4 Å². The topological polar surface area (TPSA) is 75.1 Å². The molecule has 0 aromatic carbocycles. The third-order valence-corrected chi connectivity index (χ3v) is 3.48. The Bertz CT molecular complexity index is 448. The Morgan fingerprint density at radius 1 is 1.69 bits per heavy atom. The van der Waals surface area contributed by atoms with Crippen LogP contribution in [0.15, 0.2) is 17.2 Å². The van der Waals surface area contributed by atoms with Gasteiger partial charge >= 0.3 is 11.7 Å². The van der Waals surface area contributed by atoms with Crippen LogP contribution < -0.4 is 5.69 Å². The van der Waals surface area contributed by atoms with E-state index >= 15 is 0 Å². The molecule has 2 atom stereocenters. The highest BCUT2D eigenvalue weighted by molar-refractivity contribution is 5.76. The molecule has 1 aromatic heterocycles. The fourth-order valence-corrected chi connectivity index (χ4v) is 2.70. The number of nitrogens with one attached hydrogen (secondary N) is 1. The lowest BCUT2D eigenvalue weighted by Crippen LogP contribution is -2.49. The molecule has 1 aliphatic rings. The van der Waals surface area contributed by atoms with Gasteiger partial charge in [-0.05, 0) is 18.8 Å². The number of carboxylic acids is 1. The number of aliphatic carboxylic acids is 1. The van der Waals surface area contributed by atoms with Gasteiger partial charge in [-0.3, -0.25) is 4.57 Å². The predicted octanol–water partition coefficient (Wildman–Crippen LogP) is 1.17. The molecule has 0 saturated heterocycles. The fourth-order valence-electron chi connectivity index (χ4n) is 2.70. The molecule has 1 fully saturated rings. The highest BCUT2D eigenvalue weighted by Crippen LogP contribution is 2.37. The van der Waals surface area contributed by atoms with Crippen molar-refractivity contribution in [2.45, 2.75) is 38.1 Å². The summed E-state index contributed by atoms with van der Waals surface area (Å²) in [6, 6.07) is 0. The summed E-state index contributed by atoms with van der Waals surface area (Å²) < 4.78 is 1.34. The number of hydrogen-bond donors (Lipinski definition) is 2. The van der Waals surface area contributed by atoms with Crippen molar-refractivity contribution in [2.24, 2.45) is 5.92 Å². The summed E-state index contributed by atoms with van der Waals surface area (Å²) in [4.78, 5) is 25.6. The van der Waals surface area contributed by atoms with Crippen LogP contribution in [0.1, 0.15) is 32.6 Å². The molecule has 16 heavy (non-hydrogen) atoms. The molecule has 88 valence electrons. The van der Waals surface area contributed by atoms with Gasteiger partial charge in [0.1, 0.15) is 5.54 Å². The first-order chi connectivity index (χ1) is 7.56. The zero-order valence-electron chi connectivity index (χ0n) is 9.27. The summed E-state index contributed by atoms with van der Waals surface area (Å²) in [6.07, 6.45) is 5.98. The van der Waals surface area contributed by atoms with Crippen molar-refractivity contribution in [1.82, 2.24) is 9.55 Å². The zero-order valence-corrected chi connectivity index (χ0v) is 9.27. The molecule has 2 unspecified atom stereocenters. The second-order valence-electron chi connectivity index (χ2n) is 4.67. The van der Waals surface area contributed by atoms with Crippen LogP contribution >= 0.6 is 0 Å². The number of H-pyrrole nitrogens is 1. The lowest BCUT2D eigenvalue weighted by atomic mass is 9.76. The van der Waals surface area contributed by atoms with Crippen molar-refractivity contribution in [3.05, 3.63) is 22.9 Å². The second-order valence-corrected chi connectivity index (χ2v) is 4.67. The van der Waals surface area contributed by atoms with Gasteiger partial charge in [0.05, 0.1) is 0 Å². The molecular weight excluding hydrogens is 208 g/mol. The summed E-state index contributed by atoms with van der Waals surface area (Å²) in [5.74, 6) is -0.563. The van der Waals surface area contributed by atoms with E-state index in [4.69, 9.17) is 0 Å². The zero-order chi connectivity index (χ0) is 11.8. The Kier molecular flexibility index (Phi) is 2.61. The first-order valence-corrected chi connectivity index (χ1v) is 5.56. The molecule has 0 bridgehead atoms. The van der Waals surface area contributed by atoms with Crippen LogP contribution in [0.25, 0.3) is 0 Å². The molecule has 5 heteroatoms. The van der Waals surface area contributed by atoms with Crippen LogP contribution in [0.5, 0.6) is 0 Å². The minimum absolute atomic E-state index is 0.337. The normalized spacial score (nSPS) is 30.2. The fraction of sp³-hybridized carbons (Fsp3) is 0.636. The van der Waals surface area contributed by atoms with Crippen molar-refractivity contribution in [2.75, 3.05) is 0 Å². The van der Waals surface area contributed by atoms with Crippen molar-refractivity contribution in [3.63, 3.8) is 0 Å². The number of hydrogen-bond acceptors (Lipinski definition) is 2. The number of carbonyl (C=O) groups is 1. The monoisotopic (exact) mass is 224 g/mol. The smallest absolute Gasteiger partial charge is 0.330 e. The number of nitrogens with zero attached hydrogens (tertiary/aromatic N) is 1. The van der Waals surface area contributed by atoms with Gasteiger partial charge in [-0.2, -0.15) is 0 Å². The molecule has 2 N–H and O–H groups in total. The molecule has 1 aliphatic carbocycles. The summed E-state index contributed by atoms with van der Waals surface area (Å²) in [5, 5.41) is 9.43.